The number of hydrogen-bond donors (Lipinski definition) is 0. The predicted molar refractivity (Wildman–Crippen MR) is 125 cm³/mol. The number of fused-ring (bicyclic) bond motifs is 6. The number of aromatic nitrogens is 1. The fraction of sp³-hybridized carbons (Fsp3) is 0.0769. The Morgan fingerprint density at radius 3 is 2.44 bits per heavy atom. The van der Waals surface area contributed by atoms with Gasteiger partial charge in [-0.15, -0.1) is 0 Å². The molecule has 4 aromatic rings. The number of nitrogens with zero attached hydrogens (tertiary/aromatic N) is 1. The van der Waals surface area contributed by atoms with E-state index in [1.807, 2.05) is 24.3 Å². The van der Waals surface area contributed by atoms with E-state index in [4.69, 9.17) is 13.9 Å². The van der Waals surface area contributed by atoms with E-state index >= 15 is 0 Å². The van der Waals surface area contributed by atoms with Crippen LogP contribution in [0.3, 0.4) is 0 Å². The van der Waals surface area contributed by atoms with Crippen LogP contribution >= 0.6 is 15.9 Å². The van der Waals surface area contributed by atoms with Crippen LogP contribution in [-0.4, -0.2) is 4.57 Å². The van der Waals surface area contributed by atoms with Gasteiger partial charge in [-0.1, -0.05) is 40.2 Å². The Morgan fingerprint density at radius 1 is 0.941 bits per heavy atom. The lowest BCUT2D eigenvalue weighted by atomic mass is 9.81. The summed E-state index contributed by atoms with van der Waals surface area (Å²) in [5.41, 5.74) is 1.34. The van der Waals surface area contributed by atoms with E-state index in [-0.39, 0.29) is 23.0 Å². The van der Waals surface area contributed by atoms with Crippen LogP contribution in [0.15, 0.2) is 103 Å². The highest BCUT2D eigenvalue weighted by atomic mass is 79.9. The van der Waals surface area contributed by atoms with Crippen LogP contribution in [0.25, 0.3) is 17.0 Å². The molecule has 8 heteroatoms. The smallest absolute Gasteiger partial charge is 0.426 e. The quantitative estimate of drug-likeness (QED) is 0.360. The lowest BCUT2D eigenvalue weighted by Crippen LogP contribution is -2.36. The highest BCUT2D eigenvalue weighted by Crippen LogP contribution is 2.50. The molecule has 1 aliphatic heterocycles. The topological polar surface area (TPSA) is 70.7 Å². The van der Waals surface area contributed by atoms with Gasteiger partial charge in [0.15, 0.2) is 0 Å². The fourth-order valence-corrected chi connectivity index (χ4v) is 4.65. The van der Waals surface area contributed by atoms with Gasteiger partial charge in [0.05, 0.1) is 17.2 Å². The van der Waals surface area contributed by atoms with Crippen molar-refractivity contribution in [3.8, 4) is 22.8 Å². The molecule has 6 rings (SSSR count). The van der Waals surface area contributed by atoms with Gasteiger partial charge < -0.3 is 13.9 Å². The van der Waals surface area contributed by atoms with Crippen molar-refractivity contribution >= 4 is 15.9 Å². The first kappa shape index (κ1) is 20.7. The second kappa shape index (κ2) is 7.85. The van der Waals surface area contributed by atoms with Crippen LogP contribution in [0.4, 0.5) is 4.39 Å². The van der Waals surface area contributed by atoms with Crippen molar-refractivity contribution in [2.24, 2.45) is 0 Å². The van der Waals surface area contributed by atoms with E-state index in [0.717, 1.165) is 14.6 Å². The predicted octanol–water partition coefficient (Wildman–Crippen LogP) is 5.45. The van der Waals surface area contributed by atoms with Crippen LogP contribution in [0.2, 0.25) is 0 Å². The van der Waals surface area contributed by atoms with Gasteiger partial charge in [0.25, 0.3) is 11.5 Å². The van der Waals surface area contributed by atoms with E-state index in [1.54, 1.807) is 30.3 Å². The van der Waals surface area contributed by atoms with Crippen LogP contribution in [0, 0.1) is 5.82 Å². The molecule has 0 bridgehead atoms. The fourth-order valence-electron chi connectivity index (χ4n) is 4.39. The summed E-state index contributed by atoms with van der Waals surface area (Å²) in [6.45, 7) is 0. The molecule has 0 fully saturated rings. The first-order valence-corrected chi connectivity index (χ1v) is 11.3. The standard InChI is InChI=1S/C26H15BrFNO5/c27-14-5-11-17(12-6-14)32-21-13-20-22-24(19-4-2-1-3-18(19)23(20)33-21)34-26(31)29(25(22)30)16-9-7-15(28)8-10-16/h1-13,20,23H. The molecule has 1 aromatic heterocycles. The third kappa shape index (κ3) is 3.30. The van der Waals surface area contributed by atoms with Gasteiger partial charge in [0.1, 0.15) is 23.4 Å². The molecule has 168 valence electrons. The SMILES string of the molecule is O=c1oc2c(c(=O)n1-c1ccc(F)cc1)C1C=C(Oc3ccc(Br)cc3)OC1c1ccccc1-2. The first-order valence-electron chi connectivity index (χ1n) is 10.5. The van der Waals surface area contributed by atoms with Crippen LogP contribution < -0.4 is 16.1 Å². The molecule has 6 nitrogen and oxygen atoms in total. The highest BCUT2D eigenvalue weighted by molar-refractivity contribution is 9.10. The molecule has 2 unspecified atom stereocenters. The second-order valence-electron chi connectivity index (χ2n) is 7.92. The zero-order valence-electron chi connectivity index (χ0n) is 17.4. The number of ether oxygens (including phenoxy) is 2. The molecule has 0 amide bonds. The van der Waals surface area contributed by atoms with Crippen molar-refractivity contribution in [1.82, 2.24) is 4.57 Å². The summed E-state index contributed by atoms with van der Waals surface area (Å²) in [6, 6.07) is 19.7. The van der Waals surface area contributed by atoms with Gasteiger partial charge in [-0.3, -0.25) is 4.79 Å². The van der Waals surface area contributed by atoms with E-state index in [2.05, 4.69) is 15.9 Å². The zero-order chi connectivity index (χ0) is 23.4. The Morgan fingerprint density at radius 2 is 1.68 bits per heavy atom. The Hall–Kier alpha value is -3.91. The second-order valence-corrected chi connectivity index (χ2v) is 8.84. The maximum Gasteiger partial charge on any atom is 0.426 e. The molecule has 0 spiro atoms. The van der Waals surface area contributed by atoms with Crippen LogP contribution in [0.5, 0.6) is 5.75 Å². The molecule has 2 aliphatic rings. The largest absolute Gasteiger partial charge is 0.456 e. The van der Waals surface area contributed by atoms with Crippen LogP contribution in [0.1, 0.15) is 23.1 Å². The van der Waals surface area contributed by atoms with Gasteiger partial charge >= 0.3 is 5.76 Å². The third-order valence-corrected chi connectivity index (χ3v) is 6.43. The summed E-state index contributed by atoms with van der Waals surface area (Å²) in [4.78, 5) is 26.5. The zero-order valence-corrected chi connectivity index (χ0v) is 19.0. The van der Waals surface area contributed by atoms with Gasteiger partial charge in [0.2, 0.25) is 0 Å². The minimum atomic E-state index is -0.849. The Balaban J connectivity index is 1.52. The summed E-state index contributed by atoms with van der Waals surface area (Å²) in [6.07, 6.45) is 1.19. The molecular weight excluding hydrogens is 505 g/mol. The molecule has 3 aromatic carbocycles. The van der Waals surface area contributed by atoms with Crippen molar-refractivity contribution in [2.45, 2.75) is 12.0 Å². The number of benzene rings is 3. The van der Waals surface area contributed by atoms with Crippen molar-refractivity contribution in [2.75, 3.05) is 0 Å². The lowest BCUT2D eigenvalue weighted by Gasteiger charge is -2.27. The van der Waals surface area contributed by atoms with Crippen molar-refractivity contribution < 1.29 is 18.3 Å². The van der Waals surface area contributed by atoms with Crippen LogP contribution in [-0.2, 0) is 4.74 Å². The Bertz CT molecular complexity index is 1570. The third-order valence-electron chi connectivity index (χ3n) is 5.90. The van der Waals surface area contributed by atoms with Crippen molar-refractivity contribution in [3.05, 3.63) is 127 Å². The van der Waals surface area contributed by atoms with Gasteiger partial charge in [-0.05, 0) is 48.5 Å². The van der Waals surface area contributed by atoms with Crippen molar-refractivity contribution in [1.29, 1.82) is 0 Å². The molecule has 0 radical (unpaired) electrons. The average molecular weight is 520 g/mol. The minimum Gasteiger partial charge on any atom is -0.456 e. The minimum absolute atomic E-state index is 0.204. The maximum atomic E-state index is 13.7. The van der Waals surface area contributed by atoms with E-state index in [0.29, 0.717) is 11.3 Å². The van der Waals surface area contributed by atoms with E-state index in [9.17, 15) is 14.0 Å². The maximum absolute atomic E-state index is 13.7. The Labute approximate surface area is 200 Å². The Kier molecular flexibility index (Phi) is 4.77. The molecular formula is C26H15BrFNO5. The molecule has 0 saturated heterocycles. The molecule has 34 heavy (non-hydrogen) atoms. The molecule has 2 atom stereocenters. The molecule has 1 aliphatic carbocycles. The number of halogens is 2. The van der Waals surface area contributed by atoms with Gasteiger partial charge in [-0.2, -0.15) is 0 Å². The summed E-state index contributed by atoms with van der Waals surface area (Å²) in [7, 11) is 0. The molecule has 2 heterocycles. The van der Waals surface area contributed by atoms with E-state index < -0.39 is 29.2 Å². The summed E-state index contributed by atoms with van der Waals surface area (Å²) >= 11 is 3.39. The lowest BCUT2D eigenvalue weighted by molar-refractivity contribution is 0.0599. The number of rotatable bonds is 3. The normalized spacial score (nSPS) is 17.8. The first-order chi connectivity index (χ1) is 16.5. The summed E-state index contributed by atoms with van der Waals surface area (Å²) in [5, 5.41) is 0. The summed E-state index contributed by atoms with van der Waals surface area (Å²) < 4.78 is 33.0. The van der Waals surface area contributed by atoms with E-state index in [1.165, 1.54) is 24.3 Å². The monoisotopic (exact) mass is 519 g/mol. The van der Waals surface area contributed by atoms with Gasteiger partial charge in [-0.25, -0.2) is 13.8 Å². The van der Waals surface area contributed by atoms with Crippen molar-refractivity contribution in [3.63, 3.8) is 0 Å². The highest BCUT2D eigenvalue weighted by Gasteiger charge is 2.43. The van der Waals surface area contributed by atoms with Gasteiger partial charge in [0, 0.05) is 21.7 Å². The molecule has 0 N–H and O–H groups in total. The average Bonchev–Trinajstić information content (AvgIpc) is 3.25. The summed E-state index contributed by atoms with van der Waals surface area (Å²) in [5.74, 6) is -0.842. The molecule has 0 saturated carbocycles. The number of hydrogen-bond acceptors (Lipinski definition) is 5.